The standard InChI is InChI=1S/C15H22N2O/c1-11(2)12(10-18)9-17(3)15-8-16-14-7-5-4-6-13(14)15/h4-8,11-12,16,18H,9-10H2,1-3H3. The summed E-state index contributed by atoms with van der Waals surface area (Å²) >= 11 is 0. The van der Waals surface area contributed by atoms with E-state index in [2.05, 4.69) is 49.0 Å². The second-order valence-electron chi connectivity index (χ2n) is 5.29. The molecule has 1 heterocycles. The Morgan fingerprint density at radius 1 is 1.28 bits per heavy atom. The summed E-state index contributed by atoms with van der Waals surface area (Å²) in [5.41, 5.74) is 2.36. The van der Waals surface area contributed by atoms with E-state index in [0.717, 1.165) is 12.1 Å². The summed E-state index contributed by atoms with van der Waals surface area (Å²) in [6, 6.07) is 8.30. The summed E-state index contributed by atoms with van der Waals surface area (Å²) in [4.78, 5) is 5.51. The maximum atomic E-state index is 9.42. The van der Waals surface area contributed by atoms with E-state index in [1.165, 1.54) is 11.1 Å². The Hall–Kier alpha value is -1.48. The molecule has 0 bridgehead atoms. The zero-order chi connectivity index (χ0) is 13.1. The van der Waals surface area contributed by atoms with Gasteiger partial charge in [0.15, 0.2) is 0 Å². The van der Waals surface area contributed by atoms with Gasteiger partial charge in [-0.1, -0.05) is 32.0 Å². The van der Waals surface area contributed by atoms with Gasteiger partial charge in [-0.2, -0.15) is 0 Å². The van der Waals surface area contributed by atoms with Gasteiger partial charge >= 0.3 is 0 Å². The van der Waals surface area contributed by atoms with Crippen LogP contribution in [-0.2, 0) is 0 Å². The minimum atomic E-state index is 0.240. The second kappa shape index (κ2) is 5.44. The van der Waals surface area contributed by atoms with Crippen molar-refractivity contribution in [2.45, 2.75) is 13.8 Å². The van der Waals surface area contributed by atoms with E-state index < -0.39 is 0 Å². The third-order valence-electron chi connectivity index (χ3n) is 3.66. The highest BCUT2D eigenvalue weighted by atomic mass is 16.3. The van der Waals surface area contributed by atoms with Gasteiger partial charge in [-0.15, -0.1) is 0 Å². The smallest absolute Gasteiger partial charge is 0.0621 e. The highest BCUT2D eigenvalue weighted by Crippen LogP contribution is 2.26. The number of fused-ring (bicyclic) bond motifs is 1. The van der Waals surface area contributed by atoms with Crippen molar-refractivity contribution in [3.63, 3.8) is 0 Å². The molecule has 0 saturated carbocycles. The first kappa shape index (κ1) is 13.0. The minimum absolute atomic E-state index is 0.240. The largest absolute Gasteiger partial charge is 0.396 e. The quantitative estimate of drug-likeness (QED) is 0.851. The van der Waals surface area contributed by atoms with E-state index in [-0.39, 0.29) is 6.61 Å². The zero-order valence-corrected chi connectivity index (χ0v) is 11.4. The van der Waals surface area contributed by atoms with Gasteiger partial charge in [0.25, 0.3) is 0 Å². The Balaban J connectivity index is 2.20. The minimum Gasteiger partial charge on any atom is -0.396 e. The van der Waals surface area contributed by atoms with Gasteiger partial charge in [0.1, 0.15) is 0 Å². The van der Waals surface area contributed by atoms with Crippen LogP contribution in [0.2, 0.25) is 0 Å². The van der Waals surface area contributed by atoms with Gasteiger partial charge < -0.3 is 15.0 Å². The maximum absolute atomic E-state index is 9.42. The van der Waals surface area contributed by atoms with E-state index in [1.807, 2.05) is 12.3 Å². The van der Waals surface area contributed by atoms with E-state index >= 15 is 0 Å². The number of rotatable bonds is 5. The van der Waals surface area contributed by atoms with E-state index in [4.69, 9.17) is 0 Å². The molecule has 0 fully saturated rings. The summed E-state index contributed by atoms with van der Waals surface area (Å²) in [7, 11) is 2.08. The second-order valence-corrected chi connectivity index (χ2v) is 5.29. The monoisotopic (exact) mass is 246 g/mol. The Bertz CT molecular complexity index is 504. The van der Waals surface area contributed by atoms with Gasteiger partial charge in [0.2, 0.25) is 0 Å². The highest BCUT2D eigenvalue weighted by Gasteiger charge is 2.16. The summed E-state index contributed by atoms with van der Waals surface area (Å²) < 4.78 is 0. The van der Waals surface area contributed by atoms with Crippen molar-refractivity contribution in [3.05, 3.63) is 30.5 Å². The average molecular weight is 246 g/mol. The van der Waals surface area contributed by atoms with E-state index in [0.29, 0.717) is 11.8 Å². The van der Waals surface area contributed by atoms with Crippen LogP contribution in [0, 0.1) is 11.8 Å². The molecule has 2 aromatic rings. The Kier molecular flexibility index (Phi) is 3.92. The van der Waals surface area contributed by atoms with Crippen molar-refractivity contribution in [1.82, 2.24) is 4.98 Å². The molecule has 0 aliphatic rings. The van der Waals surface area contributed by atoms with Crippen LogP contribution in [0.3, 0.4) is 0 Å². The summed E-state index contributed by atoms with van der Waals surface area (Å²) in [5.74, 6) is 0.798. The van der Waals surface area contributed by atoms with Crippen molar-refractivity contribution >= 4 is 16.6 Å². The number of aromatic nitrogens is 1. The van der Waals surface area contributed by atoms with Crippen LogP contribution in [0.25, 0.3) is 10.9 Å². The Morgan fingerprint density at radius 3 is 2.67 bits per heavy atom. The van der Waals surface area contributed by atoms with Crippen LogP contribution in [0.15, 0.2) is 30.5 Å². The fourth-order valence-electron chi connectivity index (χ4n) is 2.30. The predicted octanol–water partition coefficient (Wildman–Crippen LogP) is 2.87. The topological polar surface area (TPSA) is 39.3 Å². The molecule has 0 aliphatic carbocycles. The summed E-state index contributed by atoms with van der Waals surface area (Å²) in [6.07, 6.45) is 2.04. The fourth-order valence-corrected chi connectivity index (χ4v) is 2.30. The molecule has 0 radical (unpaired) electrons. The lowest BCUT2D eigenvalue weighted by Crippen LogP contribution is -2.30. The van der Waals surface area contributed by atoms with E-state index in [1.54, 1.807) is 0 Å². The van der Waals surface area contributed by atoms with E-state index in [9.17, 15) is 5.11 Å². The van der Waals surface area contributed by atoms with Crippen LogP contribution in [0.1, 0.15) is 13.8 Å². The van der Waals surface area contributed by atoms with Gasteiger partial charge in [-0.25, -0.2) is 0 Å². The number of hydrogen-bond donors (Lipinski definition) is 2. The molecule has 98 valence electrons. The first-order valence-corrected chi connectivity index (χ1v) is 6.51. The third-order valence-corrected chi connectivity index (χ3v) is 3.66. The van der Waals surface area contributed by atoms with Crippen molar-refractivity contribution in [2.75, 3.05) is 25.1 Å². The lowest BCUT2D eigenvalue weighted by atomic mass is 9.96. The number of hydrogen-bond acceptors (Lipinski definition) is 2. The van der Waals surface area contributed by atoms with Crippen molar-refractivity contribution in [1.29, 1.82) is 0 Å². The van der Waals surface area contributed by atoms with Crippen molar-refractivity contribution < 1.29 is 5.11 Å². The van der Waals surface area contributed by atoms with Crippen LogP contribution < -0.4 is 4.90 Å². The lowest BCUT2D eigenvalue weighted by molar-refractivity contribution is 0.193. The molecule has 18 heavy (non-hydrogen) atoms. The van der Waals surface area contributed by atoms with Crippen LogP contribution in [0.5, 0.6) is 0 Å². The molecule has 0 spiro atoms. The van der Waals surface area contributed by atoms with Crippen LogP contribution in [0.4, 0.5) is 5.69 Å². The molecule has 0 aliphatic heterocycles. The van der Waals surface area contributed by atoms with Gasteiger partial charge in [-0.05, 0) is 12.0 Å². The van der Waals surface area contributed by atoms with Crippen LogP contribution >= 0.6 is 0 Å². The number of aliphatic hydroxyl groups is 1. The molecule has 2 N–H and O–H groups in total. The molecule has 2 rings (SSSR count). The number of para-hydroxylation sites is 1. The van der Waals surface area contributed by atoms with Crippen molar-refractivity contribution in [3.8, 4) is 0 Å². The molecular weight excluding hydrogens is 224 g/mol. The fraction of sp³-hybridized carbons (Fsp3) is 0.467. The molecule has 0 amide bonds. The lowest BCUT2D eigenvalue weighted by Gasteiger charge is -2.26. The number of nitrogens with one attached hydrogen (secondary N) is 1. The third kappa shape index (κ3) is 2.51. The number of anilines is 1. The molecule has 1 atom stereocenters. The Labute approximate surface area is 108 Å². The number of H-pyrrole nitrogens is 1. The first-order chi connectivity index (χ1) is 8.63. The average Bonchev–Trinajstić information content (AvgIpc) is 2.79. The summed E-state index contributed by atoms with van der Waals surface area (Å²) in [5, 5.41) is 10.7. The van der Waals surface area contributed by atoms with Crippen molar-refractivity contribution in [2.24, 2.45) is 11.8 Å². The van der Waals surface area contributed by atoms with Gasteiger partial charge in [0, 0.05) is 43.2 Å². The first-order valence-electron chi connectivity index (χ1n) is 6.51. The molecular formula is C15H22N2O. The SMILES string of the molecule is CC(C)C(CO)CN(C)c1c[nH]c2ccccc12. The number of aromatic amines is 1. The molecule has 3 heteroatoms. The molecule has 1 unspecified atom stereocenters. The van der Waals surface area contributed by atoms with Gasteiger partial charge in [0.05, 0.1) is 5.69 Å². The highest BCUT2D eigenvalue weighted by molar-refractivity contribution is 5.92. The summed E-state index contributed by atoms with van der Waals surface area (Å²) in [6.45, 7) is 5.42. The molecule has 1 aromatic heterocycles. The van der Waals surface area contributed by atoms with Gasteiger partial charge in [-0.3, -0.25) is 0 Å². The molecule has 1 aromatic carbocycles. The maximum Gasteiger partial charge on any atom is 0.0621 e. The van der Waals surface area contributed by atoms with Crippen LogP contribution in [-0.4, -0.2) is 30.3 Å². The predicted molar refractivity (Wildman–Crippen MR) is 77.0 cm³/mol. The number of benzene rings is 1. The molecule has 0 saturated heterocycles. The number of nitrogens with zero attached hydrogens (tertiary/aromatic N) is 1. The molecule has 3 nitrogen and oxygen atoms in total. The number of aliphatic hydroxyl groups excluding tert-OH is 1. The Morgan fingerprint density at radius 2 is 2.00 bits per heavy atom. The normalized spacial score (nSPS) is 13.2. The zero-order valence-electron chi connectivity index (χ0n) is 11.4.